The molecule has 5 nitrogen and oxygen atoms in total. The molecule has 0 aliphatic heterocycles. The predicted molar refractivity (Wildman–Crippen MR) is 62.7 cm³/mol. The van der Waals surface area contributed by atoms with Crippen molar-refractivity contribution in [3.8, 4) is 0 Å². The fourth-order valence-electron chi connectivity index (χ4n) is 1.08. The van der Waals surface area contributed by atoms with Gasteiger partial charge in [0, 0.05) is 26.2 Å². The van der Waals surface area contributed by atoms with Crippen LogP contribution in [0.2, 0.25) is 0 Å². The highest BCUT2D eigenvalue weighted by atomic mass is 32.2. The first-order chi connectivity index (χ1) is 6.81. The standard InChI is InChI=1S/C9H23N3O2S/c1-5-11-15(13,14)12(4)7-6-9(10)8(2)3/h8-9,11H,5-7,10H2,1-4H3. The van der Waals surface area contributed by atoms with Gasteiger partial charge in [0.1, 0.15) is 0 Å². The second-order valence-electron chi connectivity index (χ2n) is 4.02. The van der Waals surface area contributed by atoms with E-state index in [1.807, 2.05) is 13.8 Å². The third-order valence-corrected chi connectivity index (χ3v) is 4.03. The summed E-state index contributed by atoms with van der Waals surface area (Å²) in [6.07, 6.45) is 0.679. The Balaban J connectivity index is 4.09. The molecule has 6 heteroatoms. The zero-order valence-corrected chi connectivity index (χ0v) is 10.8. The molecule has 0 heterocycles. The Morgan fingerprint density at radius 1 is 1.40 bits per heavy atom. The minimum Gasteiger partial charge on any atom is -0.327 e. The van der Waals surface area contributed by atoms with Crippen molar-refractivity contribution in [3.05, 3.63) is 0 Å². The van der Waals surface area contributed by atoms with Gasteiger partial charge in [0.25, 0.3) is 10.2 Å². The molecule has 0 aromatic heterocycles. The molecule has 0 rings (SSSR count). The van der Waals surface area contributed by atoms with Gasteiger partial charge >= 0.3 is 0 Å². The van der Waals surface area contributed by atoms with E-state index >= 15 is 0 Å². The zero-order chi connectivity index (χ0) is 12.1. The number of hydrogen-bond acceptors (Lipinski definition) is 3. The summed E-state index contributed by atoms with van der Waals surface area (Å²) in [5.41, 5.74) is 5.84. The summed E-state index contributed by atoms with van der Waals surface area (Å²) < 4.78 is 26.7. The summed E-state index contributed by atoms with van der Waals surface area (Å²) in [6.45, 7) is 6.68. The monoisotopic (exact) mass is 237 g/mol. The van der Waals surface area contributed by atoms with Gasteiger partial charge in [-0.05, 0) is 12.3 Å². The summed E-state index contributed by atoms with van der Waals surface area (Å²) in [4.78, 5) is 0. The molecule has 0 aromatic carbocycles. The number of nitrogens with zero attached hydrogens (tertiary/aromatic N) is 1. The highest BCUT2D eigenvalue weighted by Gasteiger charge is 2.17. The Labute approximate surface area is 93.2 Å². The number of rotatable bonds is 7. The molecule has 0 amide bonds. The van der Waals surface area contributed by atoms with Crippen LogP contribution in [-0.4, -0.2) is 38.9 Å². The van der Waals surface area contributed by atoms with Crippen LogP contribution in [0.3, 0.4) is 0 Å². The molecule has 0 bridgehead atoms. The van der Waals surface area contributed by atoms with Gasteiger partial charge < -0.3 is 5.73 Å². The fraction of sp³-hybridized carbons (Fsp3) is 1.00. The molecule has 0 saturated carbocycles. The molecule has 0 fully saturated rings. The third-order valence-electron chi connectivity index (χ3n) is 2.37. The van der Waals surface area contributed by atoms with Crippen molar-refractivity contribution in [2.45, 2.75) is 33.2 Å². The average Bonchev–Trinajstić information content (AvgIpc) is 2.13. The van der Waals surface area contributed by atoms with Gasteiger partial charge in [-0.15, -0.1) is 0 Å². The molecule has 92 valence electrons. The molecule has 0 radical (unpaired) electrons. The van der Waals surface area contributed by atoms with Crippen molar-refractivity contribution >= 4 is 10.2 Å². The quantitative estimate of drug-likeness (QED) is 0.661. The van der Waals surface area contributed by atoms with Gasteiger partial charge in [0.05, 0.1) is 0 Å². The van der Waals surface area contributed by atoms with Gasteiger partial charge in [0.2, 0.25) is 0 Å². The van der Waals surface area contributed by atoms with Gasteiger partial charge in [-0.25, -0.2) is 4.72 Å². The molecule has 0 aromatic rings. The smallest absolute Gasteiger partial charge is 0.279 e. The first-order valence-corrected chi connectivity index (χ1v) is 6.71. The van der Waals surface area contributed by atoms with Crippen molar-refractivity contribution in [2.24, 2.45) is 11.7 Å². The Hall–Kier alpha value is -0.170. The van der Waals surface area contributed by atoms with Crippen LogP contribution in [-0.2, 0) is 10.2 Å². The van der Waals surface area contributed by atoms with Crippen molar-refractivity contribution in [2.75, 3.05) is 20.1 Å². The molecule has 1 unspecified atom stereocenters. The maximum Gasteiger partial charge on any atom is 0.279 e. The van der Waals surface area contributed by atoms with E-state index in [9.17, 15) is 8.42 Å². The van der Waals surface area contributed by atoms with Crippen molar-refractivity contribution in [3.63, 3.8) is 0 Å². The number of nitrogens with one attached hydrogen (secondary N) is 1. The highest BCUT2D eigenvalue weighted by Crippen LogP contribution is 2.05. The molecule has 0 aliphatic carbocycles. The van der Waals surface area contributed by atoms with E-state index in [1.54, 1.807) is 14.0 Å². The largest absolute Gasteiger partial charge is 0.327 e. The van der Waals surface area contributed by atoms with E-state index in [0.717, 1.165) is 0 Å². The molecule has 0 spiro atoms. The minimum atomic E-state index is -3.30. The van der Waals surface area contributed by atoms with Crippen LogP contribution in [0.1, 0.15) is 27.2 Å². The second kappa shape index (κ2) is 6.42. The van der Waals surface area contributed by atoms with E-state index in [4.69, 9.17) is 5.73 Å². The molecule has 15 heavy (non-hydrogen) atoms. The van der Waals surface area contributed by atoms with Crippen LogP contribution in [0.25, 0.3) is 0 Å². The summed E-state index contributed by atoms with van der Waals surface area (Å²) >= 11 is 0. The number of hydrogen-bond donors (Lipinski definition) is 2. The predicted octanol–water partition coefficient (Wildman–Crippen LogP) is 0.146. The lowest BCUT2D eigenvalue weighted by molar-refractivity contribution is 0.394. The summed E-state index contributed by atoms with van der Waals surface area (Å²) in [7, 11) is -1.74. The highest BCUT2D eigenvalue weighted by molar-refractivity contribution is 7.87. The second-order valence-corrected chi connectivity index (χ2v) is 5.88. The fourth-order valence-corrected chi connectivity index (χ4v) is 2.01. The molecule has 0 saturated heterocycles. The van der Waals surface area contributed by atoms with Crippen LogP contribution >= 0.6 is 0 Å². The van der Waals surface area contributed by atoms with E-state index in [0.29, 0.717) is 25.4 Å². The Morgan fingerprint density at radius 2 is 1.93 bits per heavy atom. The maximum absolute atomic E-state index is 11.5. The Bertz CT molecular complexity index is 265. The van der Waals surface area contributed by atoms with Crippen LogP contribution in [0.15, 0.2) is 0 Å². The molecule has 3 N–H and O–H groups in total. The van der Waals surface area contributed by atoms with Gasteiger partial charge in [0.15, 0.2) is 0 Å². The summed E-state index contributed by atoms with van der Waals surface area (Å²) in [5.74, 6) is 0.375. The van der Waals surface area contributed by atoms with Crippen molar-refractivity contribution < 1.29 is 8.42 Å². The first-order valence-electron chi connectivity index (χ1n) is 5.27. The molecule has 0 aliphatic rings. The molecular formula is C9H23N3O2S. The van der Waals surface area contributed by atoms with E-state index < -0.39 is 10.2 Å². The maximum atomic E-state index is 11.5. The molecular weight excluding hydrogens is 214 g/mol. The average molecular weight is 237 g/mol. The van der Waals surface area contributed by atoms with Gasteiger partial charge in [-0.2, -0.15) is 12.7 Å². The van der Waals surface area contributed by atoms with E-state index in [-0.39, 0.29) is 6.04 Å². The van der Waals surface area contributed by atoms with Gasteiger partial charge in [-0.3, -0.25) is 0 Å². The normalized spacial score (nSPS) is 14.9. The van der Waals surface area contributed by atoms with E-state index in [2.05, 4.69) is 4.72 Å². The third kappa shape index (κ3) is 5.46. The van der Waals surface area contributed by atoms with Crippen molar-refractivity contribution in [1.29, 1.82) is 0 Å². The van der Waals surface area contributed by atoms with Crippen LogP contribution < -0.4 is 10.5 Å². The first kappa shape index (κ1) is 14.8. The molecule has 1 atom stereocenters. The number of nitrogens with two attached hydrogens (primary N) is 1. The summed E-state index contributed by atoms with van der Waals surface area (Å²) in [5, 5.41) is 0. The van der Waals surface area contributed by atoms with Crippen LogP contribution in [0, 0.1) is 5.92 Å². The summed E-state index contributed by atoms with van der Waals surface area (Å²) in [6, 6.07) is 0.0456. The topological polar surface area (TPSA) is 75.4 Å². The minimum absolute atomic E-state index is 0.0456. The Morgan fingerprint density at radius 3 is 2.33 bits per heavy atom. The van der Waals surface area contributed by atoms with Crippen molar-refractivity contribution in [1.82, 2.24) is 9.03 Å². The Kier molecular flexibility index (Phi) is 6.35. The zero-order valence-electron chi connectivity index (χ0n) is 10.0. The lowest BCUT2D eigenvalue weighted by atomic mass is 10.0. The lowest BCUT2D eigenvalue weighted by Crippen LogP contribution is -2.40. The van der Waals surface area contributed by atoms with Gasteiger partial charge in [-0.1, -0.05) is 20.8 Å². The SMILES string of the molecule is CCNS(=O)(=O)N(C)CCC(N)C(C)C. The lowest BCUT2D eigenvalue weighted by Gasteiger charge is -2.21. The van der Waals surface area contributed by atoms with E-state index in [1.165, 1.54) is 4.31 Å². The van der Waals surface area contributed by atoms with Crippen LogP contribution in [0.4, 0.5) is 0 Å². The van der Waals surface area contributed by atoms with Crippen LogP contribution in [0.5, 0.6) is 0 Å².